The van der Waals surface area contributed by atoms with Gasteiger partial charge in [0.25, 0.3) is 0 Å². The second kappa shape index (κ2) is 6.24. The fourth-order valence-corrected chi connectivity index (χ4v) is 3.29. The molecule has 0 bridgehead atoms. The standard InChI is InChI=1S/C17H19BrN2O/c1-20-6-4-12(5-7-20)17(21)10-16-9-14-8-15(18)3-2-13(14)11-19-16/h2-3,8-9,11-12H,4-7,10H2,1H3. The van der Waals surface area contributed by atoms with E-state index < -0.39 is 0 Å². The van der Waals surface area contributed by atoms with Crippen molar-refractivity contribution in [1.82, 2.24) is 9.88 Å². The summed E-state index contributed by atoms with van der Waals surface area (Å²) in [6, 6.07) is 8.15. The Kier molecular flexibility index (Phi) is 4.36. The zero-order valence-electron chi connectivity index (χ0n) is 12.2. The Morgan fingerprint density at radius 1 is 1.29 bits per heavy atom. The zero-order valence-corrected chi connectivity index (χ0v) is 13.8. The molecule has 0 aliphatic carbocycles. The van der Waals surface area contributed by atoms with E-state index in [0.29, 0.717) is 12.2 Å². The van der Waals surface area contributed by atoms with Crippen LogP contribution in [0.1, 0.15) is 18.5 Å². The van der Waals surface area contributed by atoms with Gasteiger partial charge in [-0.25, -0.2) is 0 Å². The van der Waals surface area contributed by atoms with Gasteiger partial charge in [-0.1, -0.05) is 22.0 Å². The van der Waals surface area contributed by atoms with Crippen molar-refractivity contribution < 1.29 is 4.79 Å². The Hall–Kier alpha value is -1.26. The van der Waals surface area contributed by atoms with Crippen LogP contribution in [0.15, 0.2) is 34.9 Å². The SMILES string of the molecule is CN1CCC(C(=O)Cc2cc3cc(Br)ccc3cn2)CC1. The quantitative estimate of drug-likeness (QED) is 0.853. The van der Waals surface area contributed by atoms with E-state index in [4.69, 9.17) is 0 Å². The van der Waals surface area contributed by atoms with Crippen LogP contribution in [0.5, 0.6) is 0 Å². The fourth-order valence-electron chi connectivity index (χ4n) is 2.91. The molecular weight excluding hydrogens is 328 g/mol. The van der Waals surface area contributed by atoms with Crippen LogP contribution in [0.2, 0.25) is 0 Å². The highest BCUT2D eigenvalue weighted by Gasteiger charge is 2.23. The number of hydrogen-bond acceptors (Lipinski definition) is 3. The average molecular weight is 347 g/mol. The average Bonchev–Trinajstić information content (AvgIpc) is 2.47. The van der Waals surface area contributed by atoms with Crippen LogP contribution in [0, 0.1) is 5.92 Å². The molecular formula is C17H19BrN2O. The predicted octanol–water partition coefficient (Wildman–Crippen LogP) is 3.45. The van der Waals surface area contributed by atoms with Crippen LogP contribution in [-0.4, -0.2) is 35.8 Å². The number of hydrogen-bond donors (Lipinski definition) is 0. The highest BCUT2D eigenvalue weighted by Crippen LogP contribution is 2.22. The number of nitrogens with zero attached hydrogens (tertiary/aromatic N) is 2. The molecule has 0 amide bonds. The van der Waals surface area contributed by atoms with Gasteiger partial charge in [-0.2, -0.15) is 0 Å². The molecule has 3 rings (SSSR count). The molecule has 0 N–H and O–H groups in total. The van der Waals surface area contributed by atoms with Gasteiger partial charge in [-0.3, -0.25) is 9.78 Å². The molecule has 0 spiro atoms. The van der Waals surface area contributed by atoms with Crippen molar-refractivity contribution in [2.75, 3.05) is 20.1 Å². The maximum atomic E-state index is 12.4. The molecule has 21 heavy (non-hydrogen) atoms. The van der Waals surface area contributed by atoms with Crippen LogP contribution in [0.4, 0.5) is 0 Å². The Morgan fingerprint density at radius 3 is 2.81 bits per heavy atom. The molecule has 0 unspecified atom stereocenters. The van der Waals surface area contributed by atoms with Crippen molar-refractivity contribution in [2.45, 2.75) is 19.3 Å². The van der Waals surface area contributed by atoms with E-state index in [2.05, 4.69) is 38.9 Å². The summed E-state index contributed by atoms with van der Waals surface area (Å²) in [5.74, 6) is 0.547. The summed E-state index contributed by atoms with van der Waals surface area (Å²) in [5.41, 5.74) is 0.879. The smallest absolute Gasteiger partial charge is 0.142 e. The summed E-state index contributed by atoms with van der Waals surface area (Å²) >= 11 is 3.48. The van der Waals surface area contributed by atoms with Crippen LogP contribution in [0.3, 0.4) is 0 Å². The van der Waals surface area contributed by atoms with Gasteiger partial charge in [0.1, 0.15) is 5.78 Å². The Balaban J connectivity index is 1.73. The number of likely N-dealkylation sites (tertiary alicyclic amines) is 1. The molecule has 1 fully saturated rings. The Bertz CT molecular complexity index is 663. The normalized spacial score (nSPS) is 17.2. The topological polar surface area (TPSA) is 33.2 Å². The number of Topliss-reactive ketones (excluding diaryl/α,β-unsaturated/α-hetero) is 1. The zero-order chi connectivity index (χ0) is 14.8. The van der Waals surface area contributed by atoms with E-state index in [0.717, 1.165) is 46.9 Å². The van der Waals surface area contributed by atoms with Gasteiger partial charge in [0.05, 0.1) is 0 Å². The van der Waals surface area contributed by atoms with Crippen molar-refractivity contribution in [1.29, 1.82) is 0 Å². The van der Waals surface area contributed by atoms with Gasteiger partial charge in [0.15, 0.2) is 0 Å². The van der Waals surface area contributed by atoms with E-state index in [9.17, 15) is 4.79 Å². The number of piperidine rings is 1. The van der Waals surface area contributed by atoms with Crippen LogP contribution in [0.25, 0.3) is 10.8 Å². The number of carbonyl (C=O) groups excluding carboxylic acids is 1. The molecule has 1 aromatic carbocycles. The van der Waals surface area contributed by atoms with E-state index in [-0.39, 0.29) is 5.92 Å². The molecule has 1 aromatic heterocycles. The third-order valence-corrected chi connectivity index (χ3v) is 4.76. The molecule has 1 saturated heterocycles. The summed E-state index contributed by atoms with van der Waals surface area (Å²) in [5, 5.41) is 2.24. The third kappa shape index (κ3) is 3.50. The van der Waals surface area contributed by atoms with Gasteiger partial charge >= 0.3 is 0 Å². The van der Waals surface area contributed by atoms with Gasteiger partial charge in [0, 0.05) is 34.1 Å². The highest BCUT2D eigenvalue weighted by atomic mass is 79.9. The number of rotatable bonds is 3. The maximum Gasteiger partial charge on any atom is 0.142 e. The van der Waals surface area contributed by atoms with Crippen LogP contribution in [-0.2, 0) is 11.2 Å². The molecule has 110 valence electrons. The lowest BCUT2D eigenvalue weighted by molar-refractivity contribution is -0.123. The largest absolute Gasteiger partial charge is 0.306 e. The molecule has 0 saturated carbocycles. The summed E-state index contributed by atoms with van der Waals surface area (Å²) in [7, 11) is 2.11. The Labute approximate surface area is 133 Å². The summed E-state index contributed by atoms with van der Waals surface area (Å²) in [6.07, 6.45) is 4.28. The lowest BCUT2D eigenvalue weighted by Gasteiger charge is -2.27. The predicted molar refractivity (Wildman–Crippen MR) is 88.4 cm³/mol. The number of fused-ring (bicyclic) bond motifs is 1. The molecule has 1 aliphatic heterocycles. The summed E-state index contributed by atoms with van der Waals surface area (Å²) < 4.78 is 1.05. The minimum atomic E-state index is 0.209. The molecule has 0 radical (unpaired) electrons. The number of ketones is 1. The first-order valence-corrected chi connectivity index (χ1v) is 8.16. The van der Waals surface area contributed by atoms with Crippen molar-refractivity contribution in [3.05, 3.63) is 40.6 Å². The van der Waals surface area contributed by atoms with Crippen molar-refractivity contribution in [3.8, 4) is 0 Å². The number of carbonyl (C=O) groups is 1. The monoisotopic (exact) mass is 346 g/mol. The summed E-state index contributed by atoms with van der Waals surface area (Å²) in [6.45, 7) is 2.04. The molecule has 3 nitrogen and oxygen atoms in total. The van der Waals surface area contributed by atoms with Gasteiger partial charge < -0.3 is 4.90 Å². The first kappa shape index (κ1) is 14.7. The second-order valence-corrected chi connectivity index (χ2v) is 6.80. The minimum absolute atomic E-state index is 0.209. The third-order valence-electron chi connectivity index (χ3n) is 4.27. The molecule has 0 atom stereocenters. The first-order chi connectivity index (χ1) is 10.1. The van der Waals surface area contributed by atoms with Gasteiger partial charge in [-0.05, 0) is 56.6 Å². The van der Waals surface area contributed by atoms with Crippen molar-refractivity contribution in [2.24, 2.45) is 5.92 Å². The van der Waals surface area contributed by atoms with E-state index in [1.165, 1.54) is 0 Å². The number of benzene rings is 1. The van der Waals surface area contributed by atoms with Crippen molar-refractivity contribution in [3.63, 3.8) is 0 Å². The second-order valence-electron chi connectivity index (χ2n) is 5.89. The van der Waals surface area contributed by atoms with Gasteiger partial charge in [-0.15, -0.1) is 0 Å². The highest BCUT2D eigenvalue weighted by molar-refractivity contribution is 9.10. The molecule has 4 heteroatoms. The number of pyridine rings is 1. The van der Waals surface area contributed by atoms with E-state index in [1.807, 2.05) is 24.4 Å². The van der Waals surface area contributed by atoms with Crippen molar-refractivity contribution >= 4 is 32.5 Å². The number of halogens is 1. The van der Waals surface area contributed by atoms with Crippen LogP contribution >= 0.6 is 15.9 Å². The lowest BCUT2D eigenvalue weighted by atomic mass is 9.90. The molecule has 2 heterocycles. The first-order valence-electron chi connectivity index (χ1n) is 7.37. The number of aromatic nitrogens is 1. The lowest BCUT2D eigenvalue weighted by Crippen LogP contribution is -2.34. The molecule has 2 aromatic rings. The van der Waals surface area contributed by atoms with Gasteiger partial charge in [0.2, 0.25) is 0 Å². The van der Waals surface area contributed by atoms with E-state index >= 15 is 0 Å². The maximum absolute atomic E-state index is 12.4. The Morgan fingerprint density at radius 2 is 2.05 bits per heavy atom. The fraction of sp³-hybridized carbons (Fsp3) is 0.412. The molecule has 1 aliphatic rings. The van der Waals surface area contributed by atoms with E-state index in [1.54, 1.807) is 0 Å². The van der Waals surface area contributed by atoms with Crippen LogP contribution < -0.4 is 0 Å². The summed E-state index contributed by atoms with van der Waals surface area (Å²) in [4.78, 5) is 19.1. The minimum Gasteiger partial charge on any atom is -0.306 e.